The number of hydrogen-bond acceptors (Lipinski definition) is 5. The van der Waals surface area contributed by atoms with Gasteiger partial charge < -0.3 is 14.9 Å². The molecule has 0 amide bonds. The number of pyridine rings is 2. The number of rotatable bonds is 4. The van der Waals surface area contributed by atoms with Crippen molar-refractivity contribution in [1.29, 1.82) is 0 Å². The number of nitrogens with two attached hydrogens (primary N) is 1. The van der Waals surface area contributed by atoms with Gasteiger partial charge >= 0.3 is 12.1 Å². The highest BCUT2D eigenvalue weighted by Crippen LogP contribution is 2.37. The number of carbonyl (C=O) groups excluding carboxylic acids is 1. The highest BCUT2D eigenvalue weighted by atomic mass is 19.4. The molecule has 0 unspecified atom stereocenters. The monoisotopic (exact) mass is 364 g/mol. The van der Waals surface area contributed by atoms with Crippen molar-refractivity contribution in [2.24, 2.45) is 5.73 Å². The first-order valence-corrected chi connectivity index (χ1v) is 7.64. The number of aromatic nitrogens is 3. The van der Waals surface area contributed by atoms with Gasteiger partial charge in [-0.05, 0) is 24.3 Å². The van der Waals surface area contributed by atoms with E-state index in [0.717, 1.165) is 6.07 Å². The summed E-state index contributed by atoms with van der Waals surface area (Å²) in [6.07, 6.45) is -0.0467. The van der Waals surface area contributed by atoms with E-state index in [4.69, 9.17) is 5.73 Å². The molecule has 3 heterocycles. The number of esters is 1. The Morgan fingerprint density at radius 2 is 2.04 bits per heavy atom. The van der Waals surface area contributed by atoms with Crippen LogP contribution < -0.4 is 5.73 Å². The molecule has 0 saturated heterocycles. The summed E-state index contributed by atoms with van der Waals surface area (Å²) in [6, 6.07) is 4.42. The average Bonchev–Trinajstić information content (AvgIpc) is 3.10. The van der Waals surface area contributed by atoms with E-state index in [9.17, 15) is 18.0 Å². The van der Waals surface area contributed by atoms with Crippen LogP contribution in [0.25, 0.3) is 16.9 Å². The molecule has 3 aromatic rings. The molecule has 0 aromatic carbocycles. The Morgan fingerprint density at radius 1 is 1.27 bits per heavy atom. The SMILES string of the molecule is COC(=O)[C@@H](N)Cc1ccc(-c2ncccc2C(F)(F)F)c2nccn12. The summed E-state index contributed by atoms with van der Waals surface area (Å²) >= 11 is 0. The van der Waals surface area contributed by atoms with Gasteiger partial charge in [0.1, 0.15) is 11.7 Å². The molecule has 1 atom stereocenters. The van der Waals surface area contributed by atoms with Crippen molar-refractivity contribution >= 4 is 11.6 Å². The highest BCUT2D eigenvalue weighted by Gasteiger charge is 2.35. The molecule has 0 spiro atoms. The largest absolute Gasteiger partial charge is 0.468 e. The number of alkyl halides is 3. The normalized spacial score (nSPS) is 13.0. The fraction of sp³-hybridized carbons (Fsp3) is 0.235. The van der Waals surface area contributed by atoms with Gasteiger partial charge in [-0.15, -0.1) is 0 Å². The smallest absolute Gasteiger partial charge is 0.418 e. The maximum Gasteiger partial charge on any atom is 0.418 e. The second kappa shape index (κ2) is 6.75. The summed E-state index contributed by atoms with van der Waals surface area (Å²) < 4.78 is 46.1. The average molecular weight is 364 g/mol. The first-order chi connectivity index (χ1) is 12.3. The van der Waals surface area contributed by atoms with Gasteiger partial charge in [0.15, 0.2) is 0 Å². The van der Waals surface area contributed by atoms with Gasteiger partial charge in [-0.1, -0.05) is 0 Å². The summed E-state index contributed by atoms with van der Waals surface area (Å²) in [4.78, 5) is 19.6. The Bertz CT molecular complexity index is 953. The predicted molar refractivity (Wildman–Crippen MR) is 87.1 cm³/mol. The number of ether oxygens (including phenoxy) is 1. The molecule has 6 nitrogen and oxygen atoms in total. The Balaban J connectivity index is 2.11. The van der Waals surface area contributed by atoms with Crippen LogP contribution in [0.5, 0.6) is 0 Å². The lowest BCUT2D eigenvalue weighted by atomic mass is 10.0. The van der Waals surface area contributed by atoms with E-state index < -0.39 is 23.8 Å². The number of methoxy groups -OCH3 is 1. The molecular weight excluding hydrogens is 349 g/mol. The van der Waals surface area contributed by atoms with Gasteiger partial charge in [-0.25, -0.2) is 4.98 Å². The molecule has 0 saturated carbocycles. The van der Waals surface area contributed by atoms with Gasteiger partial charge in [0.25, 0.3) is 0 Å². The van der Waals surface area contributed by atoms with Crippen molar-refractivity contribution < 1.29 is 22.7 Å². The molecule has 136 valence electrons. The molecule has 0 radical (unpaired) electrons. The molecule has 9 heteroatoms. The van der Waals surface area contributed by atoms with Gasteiger partial charge in [-0.2, -0.15) is 13.2 Å². The zero-order valence-electron chi connectivity index (χ0n) is 13.7. The van der Waals surface area contributed by atoms with Crippen LogP contribution in [0.3, 0.4) is 0 Å². The number of carbonyl (C=O) groups is 1. The number of imidazole rings is 1. The number of fused-ring (bicyclic) bond motifs is 1. The Kier molecular flexibility index (Phi) is 4.64. The number of halogens is 3. The summed E-state index contributed by atoms with van der Waals surface area (Å²) in [7, 11) is 1.23. The Morgan fingerprint density at radius 3 is 2.73 bits per heavy atom. The minimum absolute atomic E-state index is 0.147. The maximum absolute atomic E-state index is 13.3. The van der Waals surface area contributed by atoms with Gasteiger partial charge in [0.05, 0.1) is 18.4 Å². The van der Waals surface area contributed by atoms with E-state index in [0.29, 0.717) is 11.3 Å². The van der Waals surface area contributed by atoms with Crippen LogP contribution in [0.1, 0.15) is 11.3 Å². The van der Waals surface area contributed by atoms with Crippen molar-refractivity contribution in [1.82, 2.24) is 14.4 Å². The Hall–Kier alpha value is -2.94. The maximum atomic E-state index is 13.3. The zero-order valence-corrected chi connectivity index (χ0v) is 13.7. The highest BCUT2D eigenvalue weighted by molar-refractivity contribution is 5.78. The van der Waals surface area contributed by atoms with E-state index in [2.05, 4.69) is 14.7 Å². The molecular formula is C17H15F3N4O2. The summed E-state index contributed by atoms with van der Waals surface area (Å²) in [5.74, 6) is -0.577. The molecule has 0 aliphatic rings. The molecule has 0 aliphatic heterocycles. The van der Waals surface area contributed by atoms with E-state index in [1.165, 1.54) is 31.6 Å². The Labute approximate surface area is 146 Å². The van der Waals surface area contributed by atoms with Crippen LogP contribution >= 0.6 is 0 Å². The molecule has 0 fully saturated rings. The second-order valence-corrected chi connectivity index (χ2v) is 5.59. The van der Waals surface area contributed by atoms with Crippen LogP contribution in [0.4, 0.5) is 13.2 Å². The summed E-state index contributed by atoms with van der Waals surface area (Å²) in [6.45, 7) is 0. The molecule has 3 rings (SSSR count). The molecule has 0 bridgehead atoms. The zero-order chi connectivity index (χ0) is 18.9. The fourth-order valence-corrected chi connectivity index (χ4v) is 2.73. The quantitative estimate of drug-likeness (QED) is 0.719. The van der Waals surface area contributed by atoms with Crippen LogP contribution in [0.15, 0.2) is 42.9 Å². The van der Waals surface area contributed by atoms with Crippen LogP contribution in [0, 0.1) is 0 Å². The van der Waals surface area contributed by atoms with Crippen molar-refractivity contribution in [3.63, 3.8) is 0 Å². The third-order valence-electron chi connectivity index (χ3n) is 3.93. The van der Waals surface area contributed by atoms with E-state index >= 15 is 0 Å². The first kappa shape index (κ1) is 17.9. The number of hydrogen-bond donors (Lipinski definition) is 1. The molecule has 2 N–H and O–H groups in total. The van der Waals surface area contributed by atoms with E-state index in [1.54, 1.807) is 16.7 Å². The third-order valence-corrected chi connectivity index (χ3v) is 3.93. The van der Waals surface area contributed by atoms with Crippen LogP contribution in [-0.2, 0) is 22.1 Å². The fourth-order valence-electron chi connectivity index (χ4n) is 2.73. The first-order valence-electron chi connectivity index (χ1n) is 7.64. The van der Waals surface area contributed by atoms with Crippen molar-refractivity contribution in [2.45, 2.75) is 18.6 Å². The lowest BCUT2D eigenvalue weighted by molar-refractivity contribution is -0.142. The summed E-state index contributed by atoms with van der Waals surface area (Å²) in [5.41, 5.74) is 5.87. The predicted octanol–water partition coefficient (Wildman–Crippen LogP) is 2.46. The minimum Gasteiger partial charge on any atom is -0.468 e. The summed E-state index contributed by atoms with van der Waals surface area (Å²) in [5, 5.41) is 0. The van der Waals surface area contributed by atoms with E-state index in [-0.39, 0.29) is 17.7 Å². The van der Waals surface area contributed by atoms with Crippen LogP contribution in [-0.4, -0.2) is 33.5 Å². The molecule has 3 aromatic heterocycles. The standard InChI is InChI=1S/C17H15F3N4O2/c1-26-16(25)13(21)9-10-4-5-11(15-23-7-8-24(10)15)14-12(17(18,19)20)3-2-6-22-14/h2-8,13H,9,21H2,1H3/t13-/m0/s1. The van der Waals surface area contributed by atoms with Crippen molar-refractivity contribution in [3.8, 4) is 11.3 Å². The van der Waals surface area contributed by atoms with Crippen molar-refractivity contribution in [2.75, 3.05) is 7.11 Å². The van der Waals surface area contributed by atoms with Crippen molar-refractivity contribution in [3.05, 3.63) is 54.1 Å². The third kappa shape index (κ3) is 3.25. The number of nitrogens with zero attached hydrogens (tertiary/aromatic N) is 3. The van der Waals surface area contributed by atoms with Gasteiger partial charge in [-0.3, -0.25) is 9.78 Å². The topological polar surface area (TPSA) is 82.5 Å². The van der Waals surface area contributed by atoms with E-state index in [1.807, 2.05) is 0 Å². The lowest BCUT2D eigenvalue weighted by Crippen LogP contribution is -2.34. The van der Waals surface area contributed by atoms with Crippen LogP contribution in [0.2, 0.25) is 0 Å². The lowest BCUT2D eigenvalue weighted by Gasteiger charge is -2.15. The van der Waals surface area contributed by atoms with Gasteiger partial charge in [0, 0.05) is 36.3 Å². The van der Waals surface area contributed by atoms with Gasteiger partial charge in [0.2, 0.25) is 0 Å². The molecule has 26 heavy (non-hydrogen) atoms. The minimum atomic E-state index is -4.54. The second-order valence-electron chi connectivity index (χ2n) is 5.59. The molecule has 0 aliphatic carbocycles.